The van der Waals surface area contributed by atoms with E-state index in [1.54, 1.807) is 6.92 Å². The first kappa shape index (κ1) is 22.1. The predicted octanol–water partition coefficient (Wildman–Crippen LogP) is 3.88. The van der Waals surface area contributed by atoms with Gasteiger partial charge in [0.05, 0.1) is 6.61 Å². The van der Waals surface area contributed by atoms with Crippen LogP contribution < -0.4 is 0 Å². The fourth-order valence-corrected chi connectivity index (χ4v) is 0.910. The van der Waals surface area contributed by atoms with Gasteiger partial charge in [0.2, 0.25) is 0 Å². The van der Waals surface area contributed by atoms with Gasteiger partial charge in [-0.05, 0) is 18.8 Å². The number of hydrogen-bond donors (Lipinski definition) is 1. The quantitative estimate of drug-likeness (QED) is 0.784. The number of carbonyl (C=O) groups is 2. The molecule has 0 aliphatic heterocycles. The first-order valence-corrected chi connectivity index (χ1v) is 6.39. The van der Waals surface area contributed by atoms with Crippen LogP contribution in [-0.4, -0.2) is 23.7 Å². The molecule has 0 radical (unpaired) electrons. The van der Waals surface area contributed by atoms with Gasteiger partial charge in [-0.2, -0.15) is 0 Å². The van der Waals surface area contributed by atoms with Crippen LogP contribution in [0.2, 0.25) is 0 Å². The van der Waals surface area contributed by atoms with E-state index in [1.807, 2.05) is 0 Å². The lowest BCUT2D eigenvalue weighted by atomic mass is 9.90. The molecule has 4 nitrogen and oxygen atoms in total. The smallest absolute Gasteiger partial charge is 0.302 e. The van der Waals surface area contributed by atoms with Gasteiger partial charge in [-0.25, -0.2) is 0 Å². The first-order valence-electron chi connectivity index (χ1n) is 6.39. The summed E-state index contributed by atoms with van der Waals surface area (Å²) in [6.45, 7) is 13.9. The van der Waals surface area contributed by atoms with Crippen molar-refractivity contribution in [1.29, 1.82) is 0 Å². The fraction of sp³-hybridized carbons (Fsp3) is 0.857. The zero-order chi connectivity index (χ0) is 15.2. The van der Waals surface area contributed by atoms with Crippen molar-refractivity contribution in [3.05, 3.63) is 0 Å². The van der Waals surface area contributed by atoms with Gasteiger partial charge in [0.15, 0.2) is 0 Å². The van der Waals surface area contributed by atoms with Gasteiger partial charge in [-0.15, -0.1) is 0 Å². The fourth-order valence-electron chi connectivity index (χ4n) is 0.910. The Morgan fingerprint density at radius 2 is 1.50 bits per heavy atom. The van der Waals surface area contributed by atoms with E-state index >= 15 is 0 Å². The molecule has 110 valence electrons. The highest BCUT2D eigenvalue weighted by Crippen LogP contribution is 2.20. The van der Waals surface area contributed by atoms with Gasteiger partial charge >= 0.3 is 5.97 Å². The summed E-state index contributed by atoms with van der Waals surface area (Å²) in [4.78, 5) is 18.8. The topological polar surface area (TPSA) is 63.6 Å². The number of carboxylic acids is 1. The number of carbonyl (C=O) groups excluding carboxylic acids is 1. The van der Waals surface area contributed by atoms with Gasteiger partial charge in [0, 0.05) is 13.8 Å². The third-order valence-electron chi connectivity index (χ3n) is 1.63. The van der Waals surface area contributed by atoms with E-state index < -0.39 is 5.97 Å². The van der Waals surface area contributed by atoms with Crippen molar-refractivity contribution in [3.8, 4) is 0 Å². The number of rotatable bonds is 3. The summed E-state index contributed by atoms with van der Waals surface area (Å²) in [6.07, 6.45) is 4.07. The van der Waals surface area contributed by atoms with Crippen LogP contribution in [0.25, 0.3) is 0 Å². The molecule has 0 spiro atoms. The summed E-state index contributed by atoms with van der Waals surface area (Å²) in [5.41, 5.74) is 0.552. The number of unbranched alkanes of at least 4 members (excludes halogenated alkanes) is 1. The molecule has 0 rings (SSSR count). The lowest BCUT2D eigenvalue weighted by Gasteiger charge is -2.16. The number of hydrogen-bond acceptors (Lipinski definition) is 3. The van der Waals surface area contributed by atoms with Crippen molar-refractivity contribution >= 4 is 11.9 Å². The number of esters is 1. The monoisotopic (exact) mass is 262 g/mol. The van der Waals surface area contributed by atoms with Crippen molar-refractivity contribution in [2.45, 2.75) is 67.7 Å². The van der Waals surface area contributed by atoms with E-state index in [0.29, 0.717) is 12.0 Å². The molecule has 0 aromatic rings. The summed E-state index contributed by atoms with van der Waals surface area (Å²) in [5.74, 6) is -1.04. The maximum Gasteiger partial charge on any atom is 0.302 e. The minimum absolute atomic E-state index is 0.211. The van der Waals surface area contributed by atoms with E-state index in [4.69, 9.17) is 9.90 Å². The largest absolute Gasteiger partial charge is 0.481 e. The number of carboxylic acid groups (broad SMARTS) is 1. The molecule has 1 N–H and O–H groups in total. The average molecular weight is 262 g/mol. The Bertz CT molecular complexity index is 200. The van der Waals surface area contributed by atoms with Gasteiger partial charge in [0.1, 0.15) is 0 Å². The highest BCUT2D eigenvalue weighted by molar-refractivity contribution is 5.65. The van der Waals surface area contributed by atoms with Crippen LogP contribution >= 0.6 is 0 Å². The predicted molar refractivity (Wildman–Crippen MR) is 74.6 cm³/mol. The van der Waals surface area contributed by atoms with Crippen molar-refractivity contribution in [3.63, 3.8) is 0 Å². The highest BCUT2D eigenvalue weighted by atomic mass is 16.5. The second-order valence-electron chi connectivity index (χ2n) is 5.11. The van der Waals surface area contributed by atoms with Crippen molar-refractivity contribution in [1.82, 2.24) is 0 Å². The molecule has 0 atom stereocenters. The van der Waals surface area contributed by atoms with E-state index in [2.05, 4.69) is 32.4 Å². The molecule has 0 bridgehead atoms. The molecule has 0 aromatic carbocycles. The molecule has 18 heavy (non-hydrogen) atoms. The van der Waals surface area contributed by atoms with Crippen LogP contribution in [0.15, 0.2) is 0 Å². The number of aliphatic carboxylic acids is 1. The molecular weight excluding hydrogens is 232 g/mol. The maximum atomic E-state index is 9.82. The Balaban J connectivity index is -0.000000200. The standard InChI is InChI=1S/C8H18.C4H8O2.C2H4O2/c1-5-6-7-8(2,3)4;1-3-6-4(2)5;1-2(3)4/h5-7H2,1-4H3;3H2,1-2H3;1H3,(H,3,4). The van der Waals surface area contributed by atoms with Gasteiger partial charge < -0.3 is 9.84 Å². The minimum atomic E-state index is -0.833. The van der Waals surface area contributed by atoms with Crippen LogP contribution in [0.5, 0.6) is 0 Å². The SMILES string of the molecule is CC(=O)O.CCCCC(C)(C)C.CCOC(C)=O. The van der Waals surface area contributed by atoms with Crippen molar-refractivity contribution in [2.24, 2.45) is 5.41 Å². The van der Waals surface area contributed by atoms with E-state index in [0.717, 1.165) is 6.92 Å². The van der Waals surface area contributed by atoms with Crippen LogP contribution in [0, 0.1) is 5.41 Å². The van der Waals surface area contributed by atoms with Gasteiger partial charge in [0.25, 0.3) is 5.97 Å². The summed E-state index contributed by atoms with van der Waals surface area (Å²) in [7, 11) is 0. The maximum absolute atomic E-state index is 9.82. The average Bonchev–Trinajstić information content (AvgIpc) is 2.13. The summed E-state index contributed by atoms with van der Waals surface area (Å²) >= 11 is 0. The first-order chi connectivity index (χ1) is 8.06. The van der Waals surface area contributed by atoms with E-state index in [-0.39, 0.29) is 5.97 Å². The zero-order valence-electron chi connectivity index (χ0n) is 13.0. The van der Waals surface area contributed by atoms with Crippen LogP contribution in [-0.2, 0) is 14.3 Å². The van der Waals surface area contributed by atoms with E-state index in [1.165, 1.54) is 26.2 Å². The van der Waals surface area contributed by atoms with Crippen LogP contribution in [0.1, 0.15) is 67.7 Å². The number of ether oxygens (including phenoxy) is 1. The Kier molecular flexibility index (Phi) is 17.2. The molecule has 0 heterocycles. The lowest BCUT2D eigenvalue weighted by Crippen LogP contribution is -2.03. The Labute approximate surface area is 112 Å². The van der Waals surface area contributed by atoms with Crippen LogP contribution in [0.4, 0.5) is 0 Å². The summed E-state index contributed by atoms with van der Waals surface area (Å²) < 4.78 is 4.40. The third-order valence-corrected chi connectivity index (χ3v) is 1.63. The molecule has 0 aliphatic rings. The van der Waals surface area contributed by atoms with Gasteiger partial charge in [-0.1, -0.05) is 40.5 Å². The Hall–Kier alpha value is -1.06. The molecule has 0 aliphatic carbocycles. The third kappa shape index (κ3) is 60.3. The van der Waals surface area contributed by atoms with Gasteiger partial charge in [-0.3, -0.25) is 9.59 Å². The molecule has 0 saturated carbocycles. The zero-order valence-corrected chi connectivity index (χ0v) is 13.0. The molecule has 4 heteroatoms. The van der Waals surface area contributed by atoms with E-state index in [9.17, 15) is 4.79 Å². The minimum Gasteiger partial charge on any atom is -0.481 e. The normalized spacial score (nSPS) is 9.28. The Morgan fingerprint density at radius 3 is 1.56 bits per heavy atom. The Morgan fingerprint density at radius 1 is 1.11 bits per heavy atom. The molecule has 0 saturated heterocycles. The summed E-state index contributed by atoms with van der Waals surface area (Å²) in [5, 5.41) is 7.42. The molecule has 0 amide bonds. The molecule has 0 aromatic heterocycles. The molecular formula is C14H30O4. The second kappa shape index (κ2) is 14.0. The lowest BCUT2D eigenvalue weighted by molar-refractivity contribution is -0.140. The second-order valence-corrected chi connectivity index (χ2v) is 5.11. The van der Waals surface area contributed by atoms with Crippen molar-refractivity contribution < 1.29 is 19.4 Å². The molecule has 0 unspecified atom stereocenters. The molecule has 0 fully saturated rings. The van der Waals surface area contributed by atoms with Crippen LogP contribution in [0.3, 0.4) is 0 Å². The summed E-state index contributed by atoms with van der Waals surface area (Å²) in [6, 6.07) is 0. The van der Waals surface area contributed by atoms with Crippen molar-refractivity contribution in [2.75, 3.05) is 6.61 Å². The highest BCUT2D eigenvalue weighted by Gasteiger charge is 2.07.